The Morgan fingerprint density at radius 1 is 1.50 bits per heavy atom. The SMILES string of the molecule is Clc1n[c-]sc1Cl.[Li+]. The van der Waals surface area contributed by atoms with Crippen LogP contribution in [0.25, 0.3) is 0 Å². The van der Waals surface area contributed by atoms with Gasteiger partial charge in [0.2, 0.25) is 0 Å². The molecule has 1 heterocycles. The van der Waals surface area contributed by atoms with Gasteiger partial charge in [0.1, 0.15) is 0 Å². The summed E-state index contributed by atoms with van der Waals surface area (Å²) in [5, 5.41) is 0.340. The van der Waals surface area contributed by atoms with Crippen molar-refractivity contribution in [3.8, 4) is 0 Å². The Balaban J connectivity index is 0.000000490. The molecule has 1 nitrogen and oxygen atoms in total. The predicted octanol–water partition coefficient (Wildman–Crippen LogP) is -0.746. The molecule has 0 saturated heterocycles. The minimum absolute atomic E-state index is 0. The summed E-state index contributed by atoms with van der Waals surface area (Å²) in [5.74, 6) is 0. The summed E-state index contributed by atoms with van der Waals surface area (Å²) in [4.78, 5) is 3.54. The number of aromatic nitrogens is 1. The standard InChI is InChI=1S/C3Cl2NS.Li/c4-2-3(5)7-1-6-2;/q-1;+1. The number of hydrogen-bond acceptors (Lipinski definition) is 2. The van der Waals surface area contributed by atoms with Crippen molar-refractivity contribution in [2.24, 2.45) is 0 Å². The third-order valence-corrected chi connectivity index (χ3v) is 1.89. The van der Waals surface area contributed by atoms with Gasteiger partial charge in [0, 0.05) is 0 Å². The number of nitrogens with zero attached hydrogens (tertiary/aromatic N) is 1. The van der Waals surface area contributed by atoms with E-state index in [2.05, 4.69) is 10.5 Å². The first kappa shape index (κ1) is 8.81. The summed E-state index contributed by atoms with van der Waals surface area (Å²) >= 11 is 12.0. The number of halogens is 2. The van der Waals surface area contributed by atoms with Crippen molar-refractivity contribution < 1.29 is 18.9 Å². The first-order valence-corrected chi connectivity index (χ1v) is 3.06. The molecule has 8 heavy (non-hydrogen) atoms. The number of hydrogen-bond donors (Lipinski definition) is 0. The summed E-state index contributed by atoms with van der Waals surface area (Å²) in [6.45, 7) is 0. The van der Waals surface area contributed by atoms with Gasteiger partial charge < -0.3 is 4.98 Å². The van der Waals surface area contributed by atoms with E-state index in [0.29, 0.717) is 9.49 Å². The second-order valence-electron chi connectivity index (χ2n) is 0.870. The molecule has 1 rings (SSSR count). The predicted molar refractivity (Wildman–Crippen MR) is 31.0 cm³/mol. The van der Waals surface area contributed by atoms with Gasteiger partial charge in [-0.2, -0.15) is 23.2 Å². The van der Waals surface area contributed by atoms with E-state index in [1.807, 2.05) is 0 Å². The molecule has 1 aromatic rings. The van der Waals surface area contributed by atoms with E-state index >= 15 is 0 Å². The minimum atomic E-state index is 0. The quantitative estimate of drug-likeness (QED) is 0.359. The van der Waals surface area contributed by atoms with Gasteiger partial charge in [0.05, 0.1) is 0 Å². The van der Waals surface area contributed by atoms with Gasteiger partial charge in [-0.3, -0.25) is 11.3 Å². The molecule has 38 valence electrons. The maximum Gasteiger partial charge on any atom is 1.00 e. The molecule has 0 bridgehead atoms. The van der Waals surface area contributed by atoms with Crippen molar-refractivity contribution in [1.82, 2.24) is 4.98 Å². The van der Waals surface area contributed by atoms with Crippen molar-refractivity contribution in [3.63, 3.8) is 0 Å². The van der Waals surface area contributed by atoms with E-state index in [4.69, 9.17) is 23.2 Å². The minimum Gasteiger partial charge on any atom is -0.373 e. The van der Waals surface area contributed by atoms with Crippen molar-refractivity contribution in [1.29, 1.82) is 0 Å². The van der Waals surface area contributed by atoms with Gasteiger partial charge in [-0.15, -0.1) is 0 Å². The summed E-state index contributed by atoms with van der Waals surface area (Å²) in [6, 6.07) is 0. The Morgan fingerprint density at radius 2 is 2.12 bits per heavy atom. The molecule has 0 aliphatic rings. The topological polar surface area (TPSA) is 12.9 Å². The van der Waals surface area contributed by atoms with Crippen molar-refractivity contribution >= 4 is 34.5 Å². The van der Waals surface area contributed by atoms with E-state index in [0.717, 1.165) is 0 Å². The van der Waals surface area contributed by atoms with Gasteiger partial charge in [-0.1, -0.05) is 0 Å². The van der Waals surface area contributed by atoms with Gasteiger partial charge in [-0.05, 0) is 15.0 Å². The Bertz CT molecular complexity index is 150. The fraction of sp³-hybridized carbons (Fsp3) is 0. The molecule has 5 heteroatoms. The molecule has 0 fully saturated rings. The van der Waals surface area contributed by atoms with Crippen molar-refractivity contribution in [2.45, 2.75) is 0 Å². The summed E-state index contributed by atoms with van der Waals surface area (Å²) in [6.07, 6.45) is 0. The average molecular weight is 160 g/mol. The van der Waals surface area contributed by atoms with Gasteiger partial charge in [0.25, 0.3) is 0 Å². The first-order valence-electron chi connectivity index (χ1n) is 1.48. The van der Waals surface area contributed by atoms with Crippen LogP contribution in [0.15, 0.2) is 0 Å². The molecule has 0 aliphatic carbocycles. The van der Waals surface area contributed by atoms with E-state index in [9.17, 15) is 0 Å². The van der Waals surface area contributed by atoms with Crippen LogP contribution in [0.2, 0.25) is 9.49 Å². The fourth-order valence-corrected chi connectivity index (χ4v) is 0.890. The fourth-order valence-electron chi connectivity index (χ4n) is 0.189. The zero-order valence-electron chi connectivity index (χ0n) is 4.11. The van der Waals surface area contributed by atoms with Crippen molar-refractivity contribution in [3.05, 3.63) is 15.0 Å². The average Bonchev–Trinajstić information content (AvgIpc) is 1.91. The third kappa shape index (κ3) is 1.97. The molecule has 0 N–H and O–H groups in total. The molecule has 0 amide bonds. The Labute approximate surface area is 73.2 Å². The molecule has 0 atom stereocenters. The maximum atomic E-state index is 5.42. The van der Waals surface area contributed by atoms with Crippen LogP contribution in [0, 0.1) is 5.51 Å². The van der Waals surface area contributed by atoms with E-state index in [1.165, 1.54) is 11.3 Å². The van der Waals surface area contributed by atoms with Crippen LogP contribution in [-0.2, 0) is 0 Å². The van der Waals surface area contributed by atoms with Crippen LogP contribution < -0.4 is 18.9 Å². The van der Waals surface area contributed by atoms with E-state index in [-0.39, 0.29) is 18.9 Å². The summed E-state index contributed by atoms with van der Waals surface area (Å²) in [5.41, 5.74) is 2.53. The first-order chi connectivity index (χ1) is 3.30. The molecule has 0 saturated carbocycles. The molecule has 0 spiro atoms. The maximum absolute atomic E-state index is 5.42. The van der Waals surface area contributed by atoms with Gasteiger partial charge >= 0.3 is 18.9 Å². The monoisotopic (exact) mass is 159 g/mol. The zero-order chi connectivity index (χ0) is 5.28. The second-order valence-corrected chi connectivity index (χ2v) is 2.62. The van der Waals surface area contributed by atoms with Gasteiger partial charge in [0.15, 0.2) is 0 Å². The third-order valence-electron chi connectivity index (χ3n) is 0.441. The van der Waals surface area contributed by atoms with Crippen LogP contribution in [0.1, 0.15) is 0 Å². The summed E-state index contributed by atoms with van der Waals surface area (Å²) < 4.78 is 0.502. The van der Waals surface area contributed by atoms with Crippen molar-refractivity contribution in [2.75, 3.05) is 0 Å². The normalized spacial score (nSPS) is 8.25. The van der Waals surface area contributed by atoms with E-state index in [1.54, 1.807) is 0 Å². The molecular weight excluding hydrogens is 160 g/mol. The number of thiazole rings is 1. The van der Waals surface area contributed by atoms with Crippen LogP contribution in [0.3, 0.4) is 0 Å². The van der Waals surface area contributed by atoms with Crippen LogP contribution in [0.5, 0.6) is 0 Å². The smallest absolute Gasteiger partial charge is 0.373 e. The second kappa shape index (κ2) is 3.76. The molecule has 0 radical (unpaired) electrons. The van der Waals surface area contributed by atoms with Crippen LogP contribution in [0.4, 0.5) is 0 Å². The van der Waals surface area contributed by atoms with Crippen LogP contribution in [-0.4, -0.2) is 4.98 Å². The van der Waals surface area contributed by atoms with Gasteiger partial charge in [-0.25, -0.2) is 0 Å². The molecule has 1 aromatic heterocycles. The molecular formula is C3Cl2LiNS. The molecule has 0 unspecified atom stereocenters. The Hall–Kier alpha value is 0.807. The molecule has 0 aliphatic heterocycles. The van der Waals surface area contributed by atoms with Crippen LogP contribution >= 0.6 is 34.5 Å². The van der Waals surface area contributed by atoms with E-state index < -0.39 is 0 Å². The Morgan fingerprint density at radius 3 is 2.25 bits per heavy atom. The number of rotatable bonds is 0. The molecule has 0 aromatic carbocycles. The zero-order valence-corrected chi connectivity index (χ0v) is 6.44. The Kier molecular flexibility index (Phi) is 4.14. The largest absolute Gasteiger partial charge is 1.00 e. The summed E-state index contributed by atoms with van der Waals surface area (Å²) in [7, 11) is 0.